The summed E-state index contributed by atoms with van der Waals surface area (Å²) in [4.78, 5) is 6.78. The molecule has 19 heavy (non-hydrogen) atoms. The van der Waals surface area contributed by atoms with Gasteiger partial charge in [0.05, 0.1) is 0 Å². The fourth-order valence-electron chi connectivity index (χ4n) is 2.55. The molecule has 1 unspecified atom stereocenters. The number of rotatable bonds is 6. The predicted octanol–water partition coefficient (Wildman–Crippen LogP) is 2.37. The number of nitrogens with zero attached hydrogens (tertiary/aromatic N) is 3. The van der Waals surface area contributed by atoms with Crippen molar-refractivity contribution in [3.05, 3.63) is 5.89 Å². The topological polar surface area (TPSA) is 68.2 Å². The van der Waals surface area contributed by atoms with Gasteiger partial charge in [0.2, 0.25) is 5.89 Å². The summed E-state index contributed by atoms with van der Waals surface area (Å²) in [6.45, 7) is 5.09. The van der Waals surface area contributed by atoms with Crippen molar-refractivity contribution >= 4 is 5.95 Å². The van der Waals surface area contributed by atoms with Crippen LogP contribution in [0.3, 0.4) is 0 Å². The summed E-state index contributed by atoms with van der Waals surface area (Å²) in [5.74, 6) is 2.17. The summed E-state index contributed by atoms with van der Waals surface area (Å²) in [7, 11) is 0. The minimum absolute atomic E-state index is 0.624. The Kier molecular flexibility index (Phi) is 5.63. The second kappa shape index (κ2) is 7.48. The van der Waals surface area contributed by atoms with Gasteiger partial charge in [0, 0.05) is 19.5 Å². The molecule has 1 aliphatic heterocycles. The van der Waals surface area contributed by atoms with Gasteiger partial charge < -0.3 is 15.2 Å². The molecule has 1 fully saturated rings. The van der Waals surface area contributed by atoms with Gasteiger partial charge in [-0.1, -0.05) is 19.8 Å². The fraction of sp³-hybridized carbons (Fsp3) is 0.857. The normalized spacial score (nSPS) is 18.3. The van der Waals surface area contributed by atoms with E-state index in [2.05, 4.69) is 22.0 Å². The zero-order valence-corrected chi connectivity index (χ0v) is 12.0. The second-order valence-corrected chi connectivity index (χ2v) is 5.61. The fourth-order valence-corrected chi connectivity index (χ4v) is 2.55. The zero-order valence-electron chi connectivity index (χ0n) is 12.0. The molecule has 1 aliphatic rings. The third kappa shape index (κ3) is 4.49. The smallest absolute Gasteiger partial charge is 0.266 e. The minimum Gasteiger partial charge on any atom is -0.338 e. The van der Waals surface area contributed by atoms with Gasteiger partial charge in [-0.15, -0.1) is 0 Å². The van der Waals surface area contributed by atoms with Crippen LogP contribution in [0.25, 0.3) is 0 Å². The average molecular weight is 266 g/mol. The van der Waals surface area contributed by atoms with E-state index in [4.69, 9.17) is 10.3 Å². The maximum absolute atomic E-state index is 5.56. The lowest BCUT2D eigenvalue weighted by Crippen LogP contribution is -2.24. The van der Waals surface area contributed by atoms with Crippen molar-refractivity contribution in [1.82, 2.24) is 10.1 Å². The molecule has 0 bridgehead atoms. The molecule has 2 rings (SSSR count). The second-order valence-electron chi connectivity index (χ2n) is 5.61. The molecule has 0 aliphatic carbocycles. The summed E-state index contributed by atoms with van der Waals surface area (Å²) in [5, 5.41) is 4.12. The van der Waals surface area contributed by atoms with Crippen LogP contribution in [0.4, 0.5) is 5.95 Å². The maximum Gasteiger partial charge on any atom is 0.266 e. The van der Waals surface area contributed by atoms with E-state index in [1.165, 1.54) is 25.7 Å². The molecule has 1 aromatic rings. The van der Waals surface area contributed by atoms with E-state index in [-0.39, 0.29) is 0 Å². The van der Waals surface area contributed by atoms with Gasteiger partial charge in [-0.05, 0) is 43.3 Å². The summed E-state index contributed by atoms with van der Waals surface area (Å²) in [6.07, 6.45) is 8.10. The Morgan fingerprint density at radius 3 is 2.63 bits per heavy atom. The van der Waals surface area contributed by atoms with Gasteiger partial charge in [0.25, 0.3) is 5.95 Å². The van der Waals surface area contributed by atoms with E-state index in [9.17, 15) is 0 Å². The van der Waals surface area contributed by atoms with Crippen LogP contribution in [0, 0.1) is 5.92 Å². The first-order valence-corrected chi connectivity index (χ1v) is 7.57. The molecule has 0 saturated carbocycles. The van der Waals surface area contributed by atoms with Gasteiger partial charge in [0.1, 0.15) is 0 Å². The number of nitrogens with two attached hydrogens (primary N) is 1. The molecule has 5 heteroatoms. The van der Waals surface area contributed by atoms with Crippen molar-refractivity contribution in [2.75, 3.05) is 24.5 Å². The van der Waals surface area contributed by atoms with Crippen LogP contribution < -0.4 is 10.6 Å². The minimum atomic E-state index is 0.624. The standard InChI is InChI=1S/C14H26N4O/c1-12(8-9-15)6-7-13-16-14(17-19-13)18-10-4-2-3-5-11-18/h12H,2-11,15H2,1H3. The molecule has 0 amide bonds. The molecule has 0 aromatic carbocycles. The molecular formula is C14H26N4O. The van der Waals surface area contributed by atoms with Gasteiger partial charge >= 0.3 is 0 Å². The molecule has 2 N–H and O–H groups in total. The third-order valence-electron chi connectivity index (χ3n) is 3.86. The molecule has 0 radical (unpaired) electrons. The van der Waals surface area contributed by atoms with Crippen molar-refractivity contribution in [2.45, 2.75) is 51.9 Å². The van der Waals surface area contributed by atoms with Crippen molar-refractivity contribution in [2.24, 2.45) is 11.7 Å². The first-order chi connectivity index (χ1) is 9.29. The lowest BCUT2D eigenvalue weighted by molar-refractivity contribution is 0.361. The molecule has 2 heterocycles. The van der Waals surface area contributed by atoms with E-state index < -0.39 is 0 Å². The Morgan fingerprint density at radius 2 is 1.95 bits per heavy atom. The predicted molar refractivity (Wildman–Crippen MR) is 76.1 cm³/mol. The quantitative estimate of drug-likeness (QED) is 0.856. The highest BCUT2D eigenvalue weighted by Crippen LogP contribution is 2.17. The highest BCUT2D eigenvalue weighted by atomic mass is 16.5. The van der Waals surface area contributed by atoms with Gasteiger partial charge in [-0.3, -0.25) is 0 Å². The Labute approximate surface area is 115 Å². The highest BCUT2D eigenvalue weighted by Gasteiger charge is 2.16. The van der Waals surface area contributed by atoms with Crippen LogP contribution in [-0.2, 0) is 6.42 Å². The van der Waals surface area contributed by atoms with E-state index in [0.29, 0.717) is 5.92 Å². The molecule has 1 saturated heterocycles. The lowest BCUT2D eigenvalue weighted by Gasteiger charge is -2.16. The summed E-state index contributed by atoms with van der Waals surface area (Å²) >= 11 is 0. The van der Waals surface area contributed by atoms with Crippen molar-refractivity contribution in [3.63, 3.8) is 0 Å². The third-order valence-corrected chi connectivity index (χ3v) is 3.86. The van der Waals surface area contributed by atoms with E-state index in [0.717, 1.165) is 50.7 Å². The van der Waals surface area contributed by atoms with Crippen molar-refractivity contribution in [3.8, 4) is 0 Å². The number of aromatic nitrogens is 2. The lowest BCUT2D eigenvalue weighted by atomic mass is 10.0. The Balaban J connectivity index is 1.84. The largest absolute Gasteiger partial charge is 0.338 e. The molecular weight excluding hydrogens is 240 g/mol. The molecule has 1 aromatic heterocycles. The SMILES string of the molecule is CC(CCN)CCc1nc(N2CCCCCC2)no1. The van der Waals surface area contributed by atoms with Crippen molar-refractivity contribution in [1.29, 1.82) is 0 Å². The van der Waals surface area contributed by atoms with E-state index in [1.807, 2.05) is 0 Å². The summed E-state index contributed by atoms with van der Waals surface area (Å²) in [5.41, 5.74) is 5.56. The van der Waals surface area contributed by atoms with Gasteiger partial charge in [0.15, 0.2) is 0 Å². The van der Waals surface area contributed by atoms with Crippen LogP contribution >= 0.6 is 0 Å². The van der Waals surface area contributed by atoms with Crippen LogP contribution in [0.2, 0.25) is 0 Å². The van der Waals surface area contributed by atoms with Crippen LogP contribution in [0.15, 0.2) is 4.52 Å². The molecule has 5 nitrogen and oxygen atoms in total. The highest BCUT2D eigenvalue weighted by molar-refractivity contribution is 5.27. The van der Waals surface area contributed by atoms with Crippen LogP contribution in [0.1, 0.15) is 51.3 Å². The summed E-state index contributed by atoms with van der Waals surface area (Å²) < 4.78 is 5.35. The molecule has 108 valence electrons. The molecule has 0 spiro atoms. The Morgan fingerprint density at radius 1 is 1.21 bits per heavy atom. The van der Waals surface area contributed by atoms with Crippen LogP contribution in [0.5, 0.6) is 0 Å². The van der Waals surface area contributed by atoms with E-state index in [1.54, 1.807) is 0 Å². The number of hydrogen-bond donors (Lipinski definition) is 1. The molecule has 1 atom stereocenters. The van der Waals surface area contributed by atoms with E-state index >= 15 is 0 Å². The monoisotopic (exact) mass is 266 g/mol. The maximum atomic E-state index is 5.56. The first-order valence-electron chi connectivity index (χ1n) is 7.57. The average Bonchev–Trinajstić information content (AvgIpc) is 2.71. The Bertz CT molecular complexity index is 358. The summed E-state index contributed by atoms with van der Waals surface area (Å²) in [6, 6.07) is 0. The van der Waals surface area contributed by atoms with Crippen LogP contribution in [-0.4, -0.2) is 29.8 Å². The Hall–Kier alpha value is -1.10. The number of hydrogen-bond acceptors (Lipinski definition) is 5. The number of aryl methyl sites for hydroxylation is 1. The van der Waals surface area contributed by atoms with Crippen molar-refractivity contribution < 1.29 is 4.52 Å². The zero-order chi connectivity index (χ0) is 13.5. The van der Waals surface area contributed by atoms with Gasteiger partial charge in [-0.2, -0.15) is 4.98 Å². The van der Waals surface area contributed by atoms with Gasteiger partial charge in [-0.25, -0.2) is 0 Å². The number of anilines is 1. The first kappa shape index (κ1) is 14.3.